The third kappa shape index (κ3) is 3.77. The summed E-state index contributed by atoms with van der Waals surface area (Å²) in [5.41, 5.74) is 1.10. The molecule has 0 bridgehead atoms. The van der Waals surface area contributed by atoms with Gasteiger partial charge in [0.2, 0.25) is 5.91 Å². The Bertz CT molecular complexity index is 1160. The van der Waals surface area contributed by atoms with E-state index in [1.807, 2.05) is 6.07 Å². The third-order valence-electron chi connectivity index (χ3n) is 3.99. The highest BCUT2D eigenvalue weighted by molar-refractivity contribution is 7.20. The summed E-state index contributed by atoms with van der Waals surface area (Å²) >= 11 is 1.09. The number of ether oxygens (including phenoxy) is 1. The number of carbonyl (C=O) groups is 2. The van der Waals surface area contributed by atoms with Gasteiger partial charge in [-0.25, -0.2) is 9.78 Å². The van der Waals surface area contributed by atoms with Crippen LogP contribution in [0.5, 0.6) is 0 Å². The van der Waals surface area contributed by atoms with E-state index in [0.29, 0.717) is 31.9 Å². The van der Waals surface area contributed by atoms with Gasteiger partial charge in [-0.05, 0) is 43.7 Å². The number of hydrogen-bond donors (Lipinski definition) is 1. The van der Waals surface area contributed by atoms with Crippen molar-refractivity contribution < 1.29 is 14.3 Å². The molecular formula is C19H16N4O4S. The zero-order valence-electron chi connectivity index (χ0n) is 15.2. The predicted octanol–water partition coefficient (Wildman–Crippen LogP) is 2.45. The molecule has 0 saturated carbocycles. The fraction of sp³-hybridized carbons (Fsp3) is 0.211. The minimum absolute atomic E-state index is 0.230. The standard InChI is InChI=1S/C19H16N4O4S/c1-3-27-19(26)16-11(2)15-17(28-16)21-10-23(18(15)25)9-14(24)22-13-6-4-12(8-20)5-7-13/h4-7,10H,3,9H2,1-2H3,(H,22,24). The van der Waals surface area contributed by atoms with Gasteiger partial charge in [0.05, 0.1) is 30.0 Å². The first-order valence-corrected chi connectivity index (χ1v) is 9.22. The van der Waals surface area contributed by atoms with E-state index in [9.17, 15) is 14.4 Å². The van der Waals surface area contributed by atoms with Crippen molar-refractivity contribution in [3.05, 3.63) is 57.0 Å². The minimum Gasteiger partial charge on any atom is -0.462 e. The van der Waals surface area contributed by atoms with E-state index in [0.717, 1.165) is 11.3 Å². The van der Waals surface area contributed by atoms with E-state index in [2.05, 4.69) is 10.3 Å². The van der Waals surface area contributed by atoms with Gasteiger partial charge in [-0.15, -0.1) is 11.3 Å². The zero-order chi connectivity index (χ0) is 20.3. The Morgan fingerprint density at radius 2 is 2.04 bits per heavy atom. The average molecular weight is 396 g/mol. The minimum atomic E-state index is -0.493. The predicted molar refractivity (Wildman–Crippen MR) is 104 cm³/mol. The summed E-state index contributed by atoms with van der Waals surface area (Å²) in [5.74, 6) is -0.904. The van der Waals surface area contributed by atoms with Crippen LogP contribution < -0.4 is 10.9 Å². The maximum Gasteiger partial charge on any atom is 0.348 e. The second-order valence-electron chi connectivity index (χ2n) is 5.87. The van der Waals surface area contributed by atoms with Crippen LogP contribution in [0, 0.1) is 18.3 Å². The molecule has 9 heteroatoms. The molecule has 28 heavy (non-hydrogen) atoms. The van der Waals surface area contributed by atoms with E-state index < -0.39 is 17.4 Å². The van der Waals surface area contributed by atoms with Crippen molar-refractivity contribution in [2.24, 2.45) is 0 Å². The van der Waals surface area contributed by atoms with Crippen LogP contribution in [0.1, 0.15) is 27.7 Å². The van der Waals surface area contributed by atoms with Crippen molar-refractivity contribution in [1.82, 2.24) is 9.55 Å². The van der Waals surface area contributed by atoms with Gasteiger partial charge in [0.15, 0.2) is 0 Å². The summed E-state index contributed by atoms with van der Waals surface area (Å²) in [5, 5.41) is 11.8. The number of nitrogens with one attached hydrogen (secondary N) is 1. The Hall–Kier alpha value is -3.51. The van der Waals surface area contributed by atoms with E-state index >= 15 is 0 Å². The van der Waals surface area contributed by atoms with E-state index in [1.165, 1.54) is 10.9 Å². The number of aromatic nitrogens is 2. The highest BCUT2D eigenvalue weighted by Gasteiger charge is 2.20. The van der Waals surface area contributed by atoms with Crippen LogP contribution in [0.15, 0.2) is 35.4 Å². The van der Waals surface area contributed by atoms with Crippen molar-refractivity contribution in [2.75, 3.05) is 11.9 Å². The SMILES string of the molecule is CCOC(=O)c1sc2ncn(CC(=O)Nc3ccc(C#N)cc3)c(=O)c2c1C. The van der Waals surface area contributed by atoms with Gasteiger partial charge in [0.25, 0.3) is 5.56 Å². The second-order valence-corrected chi connectivity index (χ2v) is 6.87. The molecule has 3 aromatic rings. The Morgan fingerprint density at radius 1 is 1.32 bits per heavy atom. The lowest BCUT2D eigenvalue weighted by Crippen LogP contribution is -2.27. The smallest absolute Gasteiger partial charge is 0.348 e. The molecule has 0 saturated heterocycles. The zero-order valence-corrected chi connectivity index (χ0v) is 16.0. The van der Waals surface area contributed by atoms with E-state index in [-0.39, 0.29) is 13.2 Å². The van der Waals surface area contributed by atoms with Crippen LogP contribution in [0.2, 0.25) is 0 Å². The summed E-state index contributed by atoms with van der Waals surface area (Å²) in [7, 11) is 0. The number of nitriles is 1. The van der Waals surface area contributed by atoms with E-state index in [1.54, 1.807) is 38.1 Å². The Labute approximate surface area is 164 Å². The number of amides is 1. The van der Waals surface area contributed by atoms with Crippen molar-refractivity contribution in [2.45, 2.75) is 20.4 Å². The maximum absolute atomic E-state index is 12.8. The molecule has 1 amide bonds. The highest BCUT2D eigenvalue weighted by Crippen LogP contribution is 2.27. The number of hydrogen-bond acceptors (Lipinski definition) is 7. The van der Waals surface area contributed by atoms with Gasteiger partial charge in [-0.3, -0.25) is 14.2 Å². The Morgan fingerprint density at radius 3 is 2.68 bits per heavy atom. The highest BCUT2D eigenvalue weighted by atomic mass is 32.1. The first-order valence-electron chi connectivity index (χ1n) is 8.40. The molecule has 0 radical (unpaired) electrons. The van der Waals surface area contributed by atoms with Crippen LogP contribution in [0.25, 0.3) is 10.2 Å². The van der Waals surface area contributed by atoms with Crippen LogP contribution in [0.4, 0.5) is 5.69 Å². The summed E-state index contributed by atoms with van der Waals surface area (Å²) in [4.78, 5) is 42.0. The van der Waals surface area contributed by atoms with Crippen LogP contribution in [0.3, 0.4) is 0 Å². The van der Waals surface area contributed by atoms with Crippen LogP contribution >= 0.6 is 11.3 Å². The average Bonchev–Trinajstić information content (AvgIpc) is 3.02. The largest absolute Gasteiger partial charge is 0.462 e. The normalized spacial score (nSPS) is 10.5. The van der Waals surface area contributed by atoms with Gasteiger partial charge in [0, 0.05) is 5.69 Å². The number of carbonyl (C=O) groups excluding carboxylic acids is 2. The van der Waals surface area contributed by atoms with Crippen LogP contribution in [-0.2, 0) is 16.1 Å². The first-order chi connectivity index (χ1) is 13.4. The molecule has 0 atom stereocenters. The number of esters is 1. The quantitative estimate of drug-likeness (QED) is 0.663. The number of benzene rings is 1. The molecule has 0 unspecified atom stereocenters. The maximum atomic E-state index is 12.8. The Balaban J connectivity index is 1.85. The molecule has 1 N–H and O–H groups in total. The van der Waals surface area contributed by atoms with Gasteiger partial charge in [0.1, 0.15) is 16.3 Å². The number of fused-ring (bicyclic) bond motifs is 1. The molecule has 0 aliphatic carbocycles. The van der Waals surface area contributed by atoms with Gasteiger partial charge in [-0.2, -0.15) is 5.26 Å². The number of rotatable bonds is 5. The first kappa shape index (κ1) is 19.3. The third-order valence-corrected chi connectivity index (χ3v) is 5.17. The summed E-state index contributed by atoms with van der Waals surface area (Å²) < 4.78 is 6.20. The van der Waals surface area contributed by atoms with Gasteiger partial charge in [-0.1, -0.05) is 0 Å². The number of anilines is 1. The molecule has 2 heterocycles. The van der Waals surface area contributed by atoms with Gasteiger partial charge >= 0.3 is 5.97 Å². The molecule has 0 spiro atoms. The lowest BCUT2D eigenvalue weighted by molar-refractivity contribution is -0.116. The van der Waals surface area contributed by atoms with E-state index in [4.69, 9.17) is 10.00 Å². The number of aryl methyl sites for hydroxylation is 1. The molecule has 142 valence electrons. The summed E-state index contributed by atoms with van der Waals surface area (Å²) in [6.07, 6.45) is 1.29. The molecule has 0 aliphatic rings. The Kier molecular flexibility index (Phi) is 5.52. The van der Waals surface area contributed by atoms with Crippen LogP contribution in [-0.4, -0.2) is 28.0 Å². The fourth-order valence-corrected chi connectivity index (χ4v) is 3.68. The van der Waals surface area contributed by atoms with Gasteiger partial charge < -0.3 is 10.1 Å². The molecule has 0 fully saturated rings. The second kappa shape index (κ2) is 8.02. The lowest BCUT2D eigenvalue weighted by Gasteiger charge is -2.07. The molecule has 1 aromatic carbocycles. The molecule has 0 aliphatic heterocycles. The number of thiophene rings is 1. The van der Waals surface area contributed by atoms with Crippen molar-refractivity contribution in [3.8, 4) is 6.07 Å². The fourth-order valence-electron chi connectivity index (χ4n) is 2.65. The molecular weight excluding hydrogens is 380 g/mol. The molecule has 8 nitrogen and oxygen atoms in total. The van der Waals surface area contributed by atoms with Crippen molar-refractivity contribution in [3.63, 3.8) is 0 Å². The van der Waals surface area contributed by atoms with Crippen molar-refractivity contribution in [1.29, 1.82) is 5.26 Å². The molecule has 3 rings (SSSR count). The summed E-state index contributed by atoms with van der Waals surface area (Å²) in [6, 6.07) is 8.38. The van der Waals surface area contributed by atoms with Crippen molar-refractivity contribution >= 4 is 39.1 Å². The lowest BCUT2D eigenvalue weighted by atomic mass is 10.2. The monoisotopic (exact) mass is 396 g/mol. The summed E-state index contributed by atoms with van der Waals surface area (Å²) in [6.45, 7) is 3.37. The number of nitrogens with zero attached hydrogens (tertiary/aromatic N) is 3. The molecule has 2 aromatic heterocycles. The topological polar surface area (TPSA) is 114 Å².